The highest BCUT2D eigenvalue weighted by Gasteiger charge is 2.18. The standard InChI is InChI=1S/C29H25N7O/c1-19-15-22(5-4-12-30)16-20(2)27(19)35-28-26(23-10-13-32-14-11-23)25(18-37-3)34-29(36-28)33-24-8-6-21(17-31)7-9-24/h4-11,13-16H,18H2,1-3H3,(H2,33,34,35,36)/b5-4+. The van der Waals surface area contributed by atoms with E-state index < -0.39 is 0 Å². The summed E-state index contributed by atoms with van der Waals surface area (Å²) in [5.41, 5.74) is 7.61. The molecule has 0 saturated carbocycles. The molecule has 0 aliphatic rings. The molecule has 8 nitrogen and oxygen atoms in total. The lowest BCUT2D eigenvalue weighted by molar-refractivity contribution is 0.182. The molecule has 0 aliphatic heterocycles. The number of methoxy groups -OCH3 is 1. The molecule has 37 heavy (non-hydrogen) atoms. The van der Waals surface area contributed by atoms with Crippen LogP contribution in [0.25, 0.3) is 17.2 Å². The van der Waals surface area contributed by atoms with Gasteiger partial charge in [0.05, 0.1) is 30.0 Å². The molecule has 0 radical (unpaired) electrons. The molecule has 2 aromatic carbocycles. The van der Waals surface area contributed by atoms with Crippen LogP contribution in [0.15, 0.2) is 67.0 Å². The van der Waals surface area contributed by atoms with Crippen LogP contribution in [-0.2, 0) is 11.3 Å². The number of aromatic nitrogens is 3. The van der Waals surface area contributed by atoms with E-state index in [0.29, 0.717) is 23.0 Å². The number of anilines is 4. The zero-order chi connectivity index (χ0) is 26.2. The second kappa shape index (κ2) is 11.6. The molecule has 0 atom stereocenters. The van der Waals surface area contributed by atoms with Crippen molar-refractivity contribution in [1.82, 2.24) is 15.0 Å². The van der Waals surface area contributed by atoms with E-state index in [2.05, 4.69) is 21.7 Å². The van der Waals surface area contributed by atoms with Gasteiger partial charge in [-0.05, 0) is 90.7 Å². The number of pyridine rings is 1. The summed E-state index contributed by atoms with van der Waals surface area (Å²) in [5, 5.41) is 24.8. The third kappa shape index (κ3) is 5.96. The van der Waals surface area contributed by atoms with Crippen LogP contribution in [-0.4, -0.2) is 22.1 Å². The number of allylic oxidation sites excluding steroid dienone is 1. The molecule has 182 valence electrons. The number of nitrogens with zero attached hydrogens (tertiary/aromatic N) is 5. The Balaban J connectivity index is 1.84. The van der Waals surface area contributed by atoms with Crippen molar-refractivity contribution in [1.29, 1.82) is 10.5 Å². The predicted octanol–water partition coefficient (Wildman–Crippen LogP) is 6.20. The fourth-order valence-corrected chi connectivity index (χ4v) is 4.02. The Bertz CT molecular complexity index is 1490. The number of benzene rings is 2. The quantitative estimate of drug-likeness (QED) is 0.282. The lowest BCUT2D eigenvalue weighted by Crippen LogP contribution is -2.09. The highest BCUT2D eigenvalue weighted by molar-refractivity contribution is 5.83. The van der Waals surface area contributed by atoms with Gasteiger partial charge in [0.1, 0.15) is 5.82 Å². The first-order valence-electron chi connectivity index (χ1n) is 11.5. The molecular formula is C29H25N7O. The van der Waals surface area contributed by atoms with Gasteiger partial charge in [-0.2, -0.15) is 15.5 Å². The van der Waals surface area contributed by atoms with E-state index in [0.717, 1.165) is 39.2 Å². The number of ether oxygens (including phenoxy) is 1. The molecule has 2 heterocycles. The lowest BCUT2D eigenvalue weighted by Gasteiger charge is -2.19. The fourth-order valence-electron chi connectivity index (χ4n) is 4.02. The fraction of sp³-hybridized carbons (Fsp3) is 0.138. The van der Waals surface area contributed by atoms with E-state index in [-0.39, 0.29) is 6.61 Å². The summed E-state index contributed by atoms with van der Waals surface area (Å²) in [7, 11) is 1.63. The van der Waals surface area contributed by atoms with E-state index in [9.17, 15) is 0 Å². The Morgan fingerprint density at radius 1 is 0.946 bits per heavy atom. The van der Waals surface area contributed by atoms with E-state index in [1.165, 1.54) is 6.08 Å². The molecule has 0 unspecified atom stereocenters. The topological polar surface area (TPSA) is 120 Å². The van der Waals surface area contributed by atoms with Gasteiger partial charge in [-0.1, -0.05) is 0 Å². The summed E-state index contributed by atoms with van der Waals surface area (Å²) >= 11 is 0. The van der Waals surface area contributed by atoms with Crippen LogP contribution in [0, 0.1) is 36.5 Å². The molecule has 2 aromatic heterocycles. The Morgan fingerprint density at radius 2 is 1.65 bits per heavy atom. The first kappa shape index (κ1) is 25.1. The van der Waals surface area contributed by atoms with Crippen molar-refractivity contribution in [2.45, 2.75) is 20.5 Å². The van der Waals surface area contributed by atoms with Crippen molar-refractivity contribution >= 4 is 29.2 Å². The molecule has 0 saturated heterocycles. The van der Waals surface area contributed by atoms with E-state index in [1.807, 2.05) is 56.3 Å². The minimum absolute atomic E-state index is 0.271. The van der Waals surface area contributed by atoms with Crippen LogP contribution in [0.2, 0.25) is 0 Å². The van der Waals surface area contributed by atoms with Crippen molar-refractivity contribution in [3.05, 3.63) is 94.9 Å². The van der Waals surface area contributed by atoms with E-state index in [4.69, 9.17) is 25.2 Å². The van der Waals surface area contributed by atoms with Crippen LogP contribution in [0.5, 0.6) is 0 Å². The van der Waals surface area contributed by atoms with E-state index >= 15 is 0 Å². The first-order valence-corrected chi connectivity index (χ1v) is 11.5. The summed E-state index contributed by atoms with van der Waals surface area (Å²) in [6.45, 7) is 4.30. The minimum Gasteiger partial charge on any atom is -0.378 e. The highest BCUT2D eigenvalue weighted by atomic mass is 16.5. The van der Waals surface area contributed by atoms with Crippen LogP contribution in [0.1, 0.15) is 27.9 Å². The van der Waals surface area contributed by atoms with Crippen LogP contribution in [0.3, 0.4) is 0 Å². The van der Waals surface area contributed by atoms with Gasteiger partial charge in [-0.3, -0.25) is 4.98 Å². The Kier molecular flexibility index (Phi) is 7.85. The van der Waals surface area contributed by atoms with Gasteiger partial charge in [0.2, 0.25) is 5.95 Å². The molecule has 4 rings (SSSR count). The van der Waals surface area contributed by atoms with Gasteiger partial charge >= 0.3 is 0 Å². The minimum atomic E-state index is 0.271. The second-order valence-electron chi connectivity index (χ2n) is 8.32. The maximum atomic E-state index is 9.09. The summed E-state index contributed by atoms with van der Waals surface area (Å²) in [6, 6.07) is 19.1. The number of nitriles is 2. The lowest BCUT2D eigenvalue weighted by atomic mass is 10.0. The third-order valence-electron chi connectivity index (χ3n) is 5.65. The van der Waals surface area contributed by atoms with Crippen LogP contribution >= 0.6 is 0 Å². The molecule has 0 spiro atoms. The maximum Gasteiger partial charge on any atom is 0.229 e. The summed E-state index contributed by atoms with van der Waals surface area (Å²) in [6.07, 6.45) is 6.70. The number of rotatable bonds is 8. The van der Waals surface area contributed by atoms with Crippen molar-refractivity contribution in [2.24, 2.45) is 0 Å². The zero-order valence-corrected chi connectivity index (χ0v) is 20.8. The predicted molar refractivity (Wildman–Crippen MR) is 144 cm³/mol. The SMILES string of the molecule is COCc1nc(Nc2ccc(C#N)cc2)nc(Nc2c(C)cc(/C=C/C#N)cc2C)c1-c1ccncc1. The average molecular weight is 488 g/mol. The molecular weight excluding hydrogens is 462 g/mol. The number of nitrogens with one attached hydrogen (secondary N) is 2. The summed E-state index contributed by atoms with van der Waals surface area (Å²) in [5.74, 6) is 0.997. The van der Waals surface area contributed by atoms with Crippen molar-refractivity contribution in [2.75, 3.05) is 17.7 Å². The maximum absolute atomic E-state index is 9.09. The van der Waals surface area contributed by atoms with Crippen molar-refractivity contribution in [3.8, 4) is 23.3 Å². The Hall–Kier alpha value is -5.05. The van der Waals surface area contributed by atoms with E-state index in [1.54, 1.807) is 37.7 Å². The van der Waals surface area contributed by atoms with Gasteiger partial charge in [0, 0.05) is 42.5 Å². The average Bonchev–Trinajstić information content (AvgIpc) is 2.90. The second-order valence-corrected chi connectivity index (χ2v) is 8.32. The molecule has 0 amide bonds. The van der Waals surface area contributed by atoms with Crippen molar-refractivity contribution < 1.29 is 4.74 Å². The summed E-state index contributed by atoms with van der Waals surface area (Å²) < 4.78 is 5.50. The smallest absolute Gasteiger partial charge is 0.229 e. The third-order valence-corrected chi connectivity index (χ3v) is 5.65. The highest BCUT2D eigenvalue weighted by Crippen LogP contribution is 2.35. The van der Waals surface area contributed by atoms with Gasteiger partial charge < -0.3 is 15.4 Å². The first-order chi connectivity index (χ1) is 18.0. The molecule has 0 aliphatic carbocycles. The van der Waals surface area contributed by atoms with Gasteiger partial charge in [-0.25, -0.2) is 4.98 Å². The Morgan fingerprint density at radius 3 is 2.27 bits per heavy atom. The number of hydrogen-bond donors (Lipinski definition) is 2. The summed E-state index contributed by atoms with van der Waals surface area (Å²) in [4.78, 5) is 13.8. The Labute approximate surface area is 215 Å². The monoisotopic (exact) mass is 487 g/mol. The number of hydrogen-bond acceptors (Lipinski definition) is 8. The molecule has 0 bridgehead atoms. The number of aryl methyl sites for hydroxylation is 2. The molecule has 0 fully saturated rings. The van der Waals surface area contributed by atoms with Gasteiger partial charge in [0.15, 0.2) is 0 Å². The molecule has 8 heteroatoms. The van der Waals surface area contributed by atoms with Crippen molar-refractivity contribution in [3.63, 3.8) is 0 Å². The molecule has 2 N–H and O–H groups in total. The van der Waals surface area contributed by atoms with Crippen LogP contribution < -0.4 is 10.6 Å². The zero-order valence-electron chi connectivity index (χ0n) is 20.8. The molecule has 4 aromatic rings. The normalized spacial score (nSPS) is 10.6. The van der Waals surface area contributed by atoms with Gasteiger partial charge in [0.25, 0.3) is 0 Å². The van der Waals surface area contributed by atoms with Gasteiger partial charge in [-0.15, -0.1) is 0 Å². The van der Waals surface area contributed by atoms with Crippen LogP contribution in [0.4, 0.5) is 23.1 Å². The largest absolute Gasteiger partial charge is 0.378 e.